The molecule has 3 aromatic heterocycles. The standard InChI is InChI=1S/C16H16N6O2/c23-12-7-14(22(10-12)9-11-1-3-17-4-2-11)16-20-15(21-24-16)13-8-18-5-6-19-13/h1-6,8,12,14,23H,7,9-10H2. The highest BCUT2D eigenvalue weighted by Crippen LogP contribution is 2.33. The third-order valence-corrected chi connectivity index (χ3v) is 4.04. The van der Waals surface area contributed by atoms with Crippen molar-refractivity contribution in [3.8, 4) is 11.5 Å². The minimum atomic E-state index is -0.413. The molecule has 4 heterocycles. The first-order valence-electron chi connectivity index (χ1n) is 7.70. The molecule has 2 atom stereocenters. The molecule has 0 aromatic carbocycles. The molecule has 0 bridgehead atoms. The number of β-amino-alcohol motifs (C(OH)–C–C–N with tert-alkyl or cyclic N) is 1. The average molecular weight is 324 g/mol. The molecule has 8 heteroatoms. The van der Waals surface area contributed by atoms with E-state index in [1.807, 2.05) is 12.1 Å². The van der Waals surface area contributed by atoms with Crippen molar-refractivity contribution in [1.82, 2.24) is 30.0 Å². The monoisotopic (exact) mass is 324 g/mol. The second-order valence-electron chi connectivity index (χ2n) is 5.74. The topological polar surface area (TPSA) is 101 Å². The third-order valence-electron chi connectivity index (χ3n) is 4.04. The predicted octanol–water partition coefficient (Wildman–Crippen LogP) is 1.23. The summed E-state index contributed by atoms with van der Waals surface area (Å²) >= 11 is 0. The maximum Gasteiger partial charge on any atom is 0.244 e. The molecule has 0 amide bonds. The van der Waals surface area contributed by atoms with Crippen molar-refractivity contribution in [2.45, 2.75) is 25.1 Å². The molecule has 1 aliphatic heterocycles. The highest BCUT2D eigenvalue weighted by molar-refractivity contribution is 5.45. The van der Waals surface area contributed by atoms with E-state index < -0.39 is 6.10 Å². The number of likely N-dealkylation sites (tertiary alicyclic amines) is 1. The summed E-state index contributed by atoms with van der Waals surface area (Å²) in [4.78, 5) is 18.8. The molecule has 1 N–H and O–H groups in total. The van der Waals surface area contributed by atoms with Crippen LogP contribution in [0, 0.1) is 0 Å². The van der Waals surface area contributed by atoms with Crippen LogP contribution in [0.5, 0.6) is 0 Å². The van der Waals surface area contributed by atoms with Gasteiger partial charge in [-0.3, -0.25) is 14.9 Å². The van der Waals surface area contributed by atoms with Gasteiger partial charge in [-0.05, 0) is 24.1 Å². The first-order chi connectivity index (χ1) is 11.8. The second-order valence-corrected chi connectivity index (χ2v) is 5.74. The van der Waals surface area contributed by atoms with Gasteiger partial charge in [0.2, 0.25) is 11.7 Å². The van der Waals surface area contributed by atoms with Gasteiger partial charge in [-0.1, -0.05) is 5.16 Å². The molecule has 0 aliphatic carbocycles. The van der Waals surface area contributed by atoms with Crippen molar-refractivity contribution in [2.24, 2.45) is 0 Å². The Morgan fingerprint density at radius 1 is 1.17 bits per heavy atom. The van der Waals surface area contributed by atoms with E-state index in [2.05, 4.69) is 30.0 Å². The van der Waals surface area contributed by atoms with E-state index >= 15 is 0 Å². The number of nitrogens with zero attached hydrogens (tertiary/aromatic N) is 6. The molecule has 24 heavy (non-hydrogen) atoms. The SMILES string of the molecule is OC1CC(c2nc(-c3cnccn3)no2)N(Cc2ccncc2)C1. The Labute approximate surface area is 138 Å². The zero-order valence-corrected chi connectivity index (χ0v) is 12.9. The lowest BCUT2D eigenvalue weighted by Crippen LogP contribution is -2.24. The van der Waals surface area contributed by atoms with Crippen LogP contribution in [-0.4, -0.2) is 47.7 Å². The number of pyridine rings is 1. The molecule has 2 unspecified atom stereocenters. The van der Waals surface area contributed by atoms with Gasteiger partial charge in [-0.25, -0.2) is 4.98 Å². The molecule has 0 radical (unpaired) electrons. The maximum absolute atomic E-state index is 10.1. The van der Waals surface area contributed by atoms with E-state index in [-0.39, 0.29) is 6.04 Å². The van der Waals surface area contributed by atoms with E-state index in [9.17, 15) is 5.11 Å². The number of aliphatic hydroxyl groups is 1. The minimum Gasteiger partial charge on any atom is -0.392 e. The summed E-state index contributed by atoms with van der Waals surface area (Å²) in [5.74, 6) is 0.893. The van der Waals surface area contributed by atoms with Gasteiger partial charge in [0.1, 0.15) is 5.69 Å². The number of aliphatic hydroxyl groups excluding tert-OH is 1. The Kier molecular flexibility index (Phi) is 3.97. The first kappa shape index (κ1) is 14.9. The lowest BCUT2D eigenvalue weighted by Gasteiger charge is -2.20. The molecule has 1 saturated heterocycles. The lowest BCUT2D eigenvalue weighted by atomic mass is 10.2. The molecule has 122 valence electrons. The number of hydrogen-bond donors (Lipinski definition) is 1. The summed E-state index contributed by atoms with van der Waals surface area (Å²) in [5, 5.41) is 14.1. The summed E-state index contributed by atoms with van der Waals surface area (Å²) in [5.41, 5.74) is 1.68. The van der Waals surface area contributed by atoms with Crippen LogP contribution in [0.15, 0.2) is 47.6 Å². The summed E-state index contributed by atoms with van der Waals surface area (Å²) < 4.78 is 5.43. The molecule has 4 rings (SSSR count). The molecular formula is C16H16N6O2. The molecule has 8 nitrogen and oxygen atoms in total. The zero-order chi connectivity index (χ0) is 16.4. The van der Waals surface area contributed by atoms with Crippen LogP contribution < -0.4 is 0 Å². The van der Waals surface area contributed by atoms with E-state index in [0.717, 1.165) is 5.56 Å². The molecule has 3 aromatic rings. The minimum absolute atomic E-state index is 0.119. The van der Waals surface area contributed by atoms with E-state index in [0.29, 0.717) is 36.9 Å². The van der Waals surface area contributed by atoms with Gasteiger partial charge in [-0.15, -0.1) is 0 Å². The van der Waals surface area contributed by atoms with Crippen molar-refractivity contribution in [3.05, 3.63) is 54.6 Å². The van der Waals surface area contributed by atoms with E-state index in [4.69, 9.17) is 4.52 Å². The second kappa shape index (κ2) is 6.42. The highest BCUT2D eigenvalue weighted by Gasteiger charge is 2.36. The summed E-state index contributed by atoms with van der Waals surface area (Å²) in [6, 6.07) is 3.80. The Morgan fingerprint density at radius 2 is 2.04 bits per heavy atom. The van der Waals surface area contributed by atoms with Crippen LogP contribution in [0.2, 0.25) is 0 Å². The van der Waals surface area contributed by atoms with Crippen LogP contribution in [0.3, 0.4) is 0 Å². The van der Waals surface area contributed by atoms with Crippen LogP contribution in [0.1, 0.15) is 23.9 Å². The predicted molar refractivity (Wildman–Crippen MR) is 83.3 cm³/mol. The first-order valence-corrected chi connectivity index (χ1v) is 7.70. The molecule has 0 spiro atoms. The van der Waals surface area contributed by atoms with Crippen molar-refractivity contribution < 1.29 is 9.63 Å². The quantitative estimate of drug-likeness (QED) is 0.764. The summed E-state index contributed by atoms with van der Waals surface area (Å²) in [6.07, 6.45) is 8.43. The Bertz CT molecular complexity index is 795. The van der Waals surface area contributed by atoms with Crippen LogP contribution in [0.4, 0.5) is 0 Å². The third kappa shape index (κ3) is 3.01. The van der Waals surface area contributed by atoms with Crippen molar-refractivity contribution in [3.63, 3.8) is 0 Å². The van der Waals surface area contributed by atoms with Crippen LogP contribution >= 0.6 is 0 Å². The summed E-state index contributed by atoms with van der Waals surface area (Å²) in [7, 11) is 0. The number of aromatic nitrogens is 5. The molecule has 1 aliphatic rings. The smallest absolute Gasteiger partial charge is 0.244 e. The van der Waals surface area contributed by atoms with Gasteiger partial charge in [0.05, 0.1) is 18.3 Å². The largest absolute Gasteiger partial charge is 0.392 e. The van der Waals surface area contributed by atoms with Crippen molar-refractivity contribution in [2.75, 3.05) is 6.54 Å². The van der Waals surface area contributed by atoms with E-state index in [1.54, 1.807) is 31.0 Å². The number of hydrogen-bond acceptors (Lipinski definition) is 8. The van der Waals surface area contributed by atoms with Crippen molar-refractivity contribution in [1.29, 1.82) is 0 Å². The van der Waals surface area contributed by atoms with Crippen LogP contribution in [-0.2, 0) is 6.54 Å². The van der Waals surface area contributed by atoms with Gasteiger partial charge < -0.3 is 9.63 Å². The Hall–Kier alpha value is -2.71. The fourth-order valence-corrected chi connectivity index (χ4v) is 2.92. The Morgan fingerprint density at radius 3 is 2.83 bits per heavy atom. The summed E-state index contributed by atoms with van der Waals surface area (Å²) in [6.45, 7) is 1.25. The van der Waals surface area contributed by atoms with Gasteiger partial charge in [0.15, 0.2) is 0 Å². The normalized spacial score (nSPS) is 21.2. The molecule has 0 saturated carbocycles. The van der Waals surface area contributed by atoms with Gasteiger partial charge >= 0.3 is 0 Å². The zero-order valence-electron chi connectivity index (χ0n) is 12.9. The van der Waals surface area contributed by atoms with Crippen molar-refractivity contribution >= 4 is 0 Å². The Balaban J connectivity index is 1.57. The molecular weight excluding hydrogens is 308 g/mol. The molecule has 1 fully saturated rings. The highest BCUT2D eigenvalue weighted by atomic mass is 16.5. The lowest BCUT2D eigenvalue weighted by molar-refractivity contribution is 0.169. The van der Waals surface area contributed by atoms with Gasteiger partial charge in [0, 0.05) is 37.9 Å². The average Bonchev–Trinajstić information content (AvgIpc) is 3.23. The fourth-order valence-electron chi connectivity index (χ4n) is 2.92. The van der Waals surface area contributed by atoms with Gasteiger partial charge in [-0.2, -0.15) is 4.98 Å². The maximum atomic E-state index is 10.1. The van der Waals surface area contributed by atoms with E-state index in [1.165, 1.54) is 0 Å². The van der Waals surface area contributed by atoms with Crippen LogP contribution in [0.25, 0.3) is 11.5 Å². The van der Waals surface area contributed by atoms with Gasteiger partial charge in [0.25, 0.3) is 0 Å². The fraction of sp³-hybridized carbons (Fsp3) is 0.312. The number of rotatable bonds is 4.